The first kappa shape index (κ1) is 17.0. The van der Waals surface area contributed by atoms with E-state index in [4.69, 9.17) is 0 Å². The summed E-state index contributed by atoms with van der Waals surface area (Å²) in [6.07, 6.45) is 5.84. The van der Waals surface area contributed by atoms with E-state index in [0.717, 1.165) is 0 Å². The monoisotopic (exact) mass is 340 g/mol. The van der Waals surface area contributed by atoms with Crippen molar-refractivity contribution in [2.75, 3.05) is 0 Å². The Bertz CT molecular complexity index is 224. The van der Waals surface area contributed by atoms with Crippen molar-refractivity contribution in [2.24, 2.45) is 0 Å². The third-order valence-electron chi connectivity index (χ3n) is 2.63. The van der Waals surface area contributed by atoms with Crippen molar-refractivity contribution in [2.45, 2.75) is 62.3 Å². The predicted molar refractivity (Wildman–Crippen MR) is 81.1 cm³/mol. The average Bonchev–Trinajstić information content (AvgIpc) is 2.34. The SMILES string of the molecule is CCC[CH2][Sn+2][CH2]CCC.Cc1ccc(C)cc1. The quantitative estimate of drug-likeness (QED) is 0.479. The smallest absolute Gasteiger partial charge is 0.0398 e. The van der Waals surface area contributed by atoms with Crippen LogP contribution in [-0.4, -0.2) is 21.1 Å². The van der Waals surface area contributed by atoms with Crippen molar-refractivity contribution in [3.63, 3.8) is 0 Å². The second kappa shape index (κ2) is 12.5. The Morgan fingerprint density at radius 2 is 1.12 bits per heavy atom. The summed E-state index contributed by atoms with van der Waals surface area (Å²) in [6, 6.07) is 8.48. The van der Waals surface area contributed by atoms with Crippen LogP contribution in [0.3, 0.4) is 0 Å². The van der Waals surface area contributed by atoms with Gasteiger partial charge < -0.3 is 0 Å². The van der Waals surface area contributed by atoms with Crippen molar-refractivity contribution >= 4 is 21.1 Å². The van der Waals surface area contributed by atoms with Crippen molar-refractivity contribution in [1.29, 1.82) is 0 Å². The van der Waals surface area contributed by atoms with Gasteiger partial charge in [-0.1, -0.05) is 35.4 Å². The minimum absolute atomic E-state index is 0.149. The molecule has 1 aromatic carbocycles. The summed E-state index contributed by atoms with van der Waals surface area (Å²) >= 11 is 0.149. The third-order valence-corrected chi connectivity index (χ3v) is 6.67. The van der Waals surface area contributed by atoms with Crippen molar-refractivity contribution < 1.29 is 0 Å². The summed E-state index contributed by atoms with van der Waals surface area (Å²) in [5.41, 5.74) is 2.66. The van der Waals surface area contributed by atoms with E-state index < -0.39 is 0 Å². The molecule has 0 aliphatic carbocycles. The van der Waals surface area contributed by atoms with Gasteiger partial charge in [0.05, 0.1) is 0 Å². The van der Waals surface area contributed by atoms with Crippen LogP contribution < -0.4 is 0 Å². The number of benzene rings is 1. The molecule has 1 heteroatoms. The zero-order chi connectivity index (χ0) is 12.9. The van der Waals surface area contributed by atoms with Crippen LogP contribution >= 0.6 is 0 Å². The van der Waals surface area contributed by atoms with Crippen LogP contribution in [0.25, 0.3) is 0 Å². The summed E-state index contributed by atoms with van der Waals surface area (Å²) in [7, 11) is 0. The molecule has 0 radical (unpaired) electrons. The maximum Gasteiger partial charge on any atom is -0.0398 e. The standard InChI is InChI=1S/C8H10.2C4H9.Sn/c1-7-3-5-8(2)6-4-7;2*1-3-4-2;/h3-6H,1-2H3;2*1,3-4H2,2H3;/q;;;+2. The van der Waals surface area contributed by atoms with Gasteiger partial charge in [0.1, 0.15) is 0 Å². The van der Waals surface area contributed by atoms with E-state index in [-0.39, 0.29) is 21.1 Å². The average molecular weight is 339 g/mol. The molecule has 0 heterocycles. The topological polar surface area (TPSA) is 0 Å². The fourth-order valence-electron chi connectivity index (χ4n) is 1.37. The van der Waals surface area contributed by atoms with Crippen LogP contribution in [0.15, 0.2) is 24.3 Å². The van der Waals surface area contributed by atoms with Crippen LogP contribution in [0.5, 0.6) is 0 Å². The number of hydrogen-bond donors (Lipinski definition) is 0. The summed E-state index contributed by atoms with van der Waals surface area (Å²) in [6.45, 7) is 8.78. The maximum absolute atomic E-state index is 2.29. The molecule has 0 aromatic heterocycles. The maximum atomic E-state index is 2.29. The molecule has 0 unspecified atom stereocenters. The second-order valence-electron chi connectivity index (χ2n) is 4.61. The van der Waals surface area contributed by atoms with Crippen molar-refractivity contribution in [3.05, 3.63) is 35.4 Å². The Morgan fingerprint density at radius 1 is 0.765 bits per heavy atom. The van der Waals surface area contributed by atoms with Crippen LogP contribution in [0.2, 0.25) is 8.87 Å². The molecule has 0 saturated heterocycles. The molecule has 0 amide bonds. The van der Waals surface area contributed by atoms with Gasteiger partial charge in [0, 0.05) is 0 Å². The number of hydrogen-bond acceptors (Lipinski definition) is 0. The molecule has 0 N–H and O–H groups in total. The van der Waals surface area contributed by atoms with E-state index in [1.165, 1.54) is 36.8 Å². The molecule has 0 fully saturated rings. The largest absolute Gasteiger partial charge is 0.0591 e. The van der Waals surface area contributed by atoms with Gasteiger partial charge in [-0.2, -0.15) is 0 Å². The van der Waals surface area contributed by atoms with E-state index in [0.29, 0.717) is 0 Å². The molecule has 94 valence electrons. The van der Waals surface area contributed by atoms with Crippen LogP contribution in [-0.2, 0) is 0 Å². The van der Waals surface area contributed by atoms with E-state index in [1.807, 2.05) is 0 Å². The van der Waals surface area contributed by atoms with Crippen molar-refractivity contribution in [3.8, 4) is 0 Å². The molecule has 0 saturated carbocycles. The van der Waals surface area contributed by atoms with E-state index in [9.17, 15) is 0 Å². The van der Waals surface area contributed by atoms with E-state index >= 15 is 0 Å². The molecule has 17 heavy (non-hydrogen) atoms. The predicted octanol–water partition coefficient (Wildman–Crippen LogP) is 5.43. The fourth-order valence-corrected chi connectivity index (χ4v) is 5.52. The normalized spacial score (nSPS) is 9.18. The molecule has 0 atom stereocenters. The first-order valence-corrected chi connectivity index (χ1v) is 11.0. The molecule has 0 aliphatic rings. The Labute approximate surface area is 118 Å². The molecule has 0 bridgehead atoms. The molecule has 1 aromatic rings. The van der Waals surface area contributed by atoms with E-state index in [1.54, 1.807) is 8.87 Å². The van der Waals surface area contributed by atoms with Gasteiger partial charge in [0.25, 0.3) is 0 Å². The minimum Gasteiger partial charge on any atom is -0.0591 e. The zero-order valence-corrected chi connectivity index (χ0v) is 14.9. The van der Waals surface area contributed by atoms with Crippen molar-refractivity contribution in [1.82, 2.24) is 0 Å². The van der Waals surface area contributed by atoms with Gasteiger partial charge in [0.15, 0.2) is 0 Å². The molecule has 1 rings (SSSR count). The van der Waals surface area contributed by atoms with Gasteiger partial charge >= 0.3 is 69.5 Å². The summed E-state index contributed by atoms with van der Waals surface area (Å²) in [5.74, 6) is 0. The number of unbranched alkanes of at least 4 members (excludes halogenated alkanes) is 2. The fraction of sp³-hybridized carbons (Fsp3) is 0.625. The van der Waals surface area contributed by atoms with Crippen LogP contribution in [0.4, 0.5) is 0 Å². The Balaban J connectivity index is 0.000000302. The first-order chi connectivity index (χ1) is 8.20. The van der Waals surface area contributed by atoms with Gasteiger partial charge in [0.2, 0.25) is 0 Å². The summed E-state index contributed by atoms with van der Waals surface area (Å²) in [5, 5.41) is 0. The first-order valence-electron chi connectivity index (χ1n) is 6.94. The Hall–Kier alpha value is 0.0187. The van der Waals surface area contributed by atoms with Gasteiger partial charge in [-0.15, -0.1) is 0 Å². The Morgan fingerprint density at radius 3 is 1.41 bits per heavy atom. The van der Waals surface area contributed by atoms with Crippen LogP contribution in [0.1, 0.15) is 50.7 Å². The molecule has 0 aliphatic heterocycles. The Kier molecular flexibility index (Phi) is 12.5. The molecular formula is C16H28Sn+2. The number of aryl methyl sites for hydroxylation is 2. The summed E-state index contributed by atoms with van der Waals surface area (Å²) < 4.78 is 3.25. The molecular weight excluding hydrogens is 311 g/mol. The second-order valence-corrected chi connectivity index (χ2v) is 8.89. The van der Waals surface area contributed by atoms with Gasteiger partial charge in [-0.05, 0) is 13.8 Å². The third kappa shape index (κ3) is 12.3. The zero-order valence-electron chi connectivity index (χ0n) is 12.1. The molecule has 0 spiro atoms. The van der Waals surface area contributed by atoms with Gasteiger partial charge in [-0.3, -0.25) is 0 Å². The molecule has 0 nitrogen and oxygen atoms in total. The van der Waals surface area contributed by atoms with Crippen LogP contribution in [0, 0.1) is 13.8 Å². The van der Waals surface area contributed by atoms with Gasteiger partial charge in [-0.25, -0.2) is 0 Å². The number of rotatable bonds is 6. The van der Waals surface area contributed by atoms with E-state index in [2.05, 4.69) is 52.0 Å². The minimum atomic E-state index is 0.149. The summed E-state index contributed by atoms with van der Waals surface area (Å²) in [4.78, 5) is 0.